The average molecular weight is 262 g/mol. The maximum Gasteiger partial charge on any atom is 0.338 e. The summed E-state index contributed by atoms with van der Waals surface area (Å²) in [5.74, 6) is 0.263. The van der Waals surface area contributed by atoms with Crippen LogP contribution in [0.25, 0.3) is 0 Å². The minimum atomic E-state index is -0.216. The largest absolute Gasteiger partial charge is 0.465 e. The molecule has 0 heterocycles. The lowest BCUT2D eigenvalue weighted by atomic mass is 9.86. The van der Waals surface area contributed by atoms with Crippen molar-refractivity contribution >= 4 is 5.97 Å². The summed E-state index contributed by atoms with van der Waals surface area (Å²) >= 11 is 0. The molecule has 1 aromatic carbocycles. The van der Waals surface area contributed by atoms with E-state index in [1.54, 1.807) is 0 Å². The maximum absolute atomic E-state index is 11.9. The van der Waals surface area contributed by atoms with Gasteiger partial charge in [-0.25, -0.2) is 4.79 Å². The zero-order valence-corrected chi connectivity index (χ0v) is 12.4. The van der Waals surface area contributed by atoms with E-state index in [4.69, 9.17) is 4.74 Å². The van der Waals surface area contributed by atoms with Crippen LogP contribution in [0.3, 0.4) is 0 Å². The van der Waals surface area contributed by atoms with Crippen LogP contribution in [0.15, 0.2) is 24.3 Å². The molecular formula is C17H26O2. The minimum Gasteiger partial charge on any atom is -0.465 e. The monoisotopic (exact) mass is 262 g/mol. The number of esters is 1. The normalized spacial score (nSPS) is 12.2. The Morgan fingerprint density at radius 3 is 2.47 bits per heavy atom. The number of carbonyl (C=O) groups is 1. The average Bonchev–Trinajstić information content (AvgIpc) is 2.46. The van der Waals surface area contributed by atoms with Crippen LogP contribution in [-0.2, 0) is 4.74 Å². The number of hydrogen-bond donors (Lipinski definition) is 0. The first-order chi connectivity index (χ1) is 9.24. The summed E-state index contributed by atoms with van der Waals surface area (Å²) in [6.45, 7) is 4.42. The molecule has 0 bridgehead atoms. The van der Waals surface area contributed by atoms with E-state index in [1.165, 1.54) is 26.4 Å². The van der Waals surface area contributed by atoms with E-state index >= 15 is 0 Å². The van der Waals surface area contributed by atoms with Gasteiger partial charge < -0.3 is 4.74 Å². The van der Waals surface area contributed by atoms with Crippen molar-refractivity contribution in [2.45, 2.75) is 58.3 Å². The van der Waals surface area contributed by atoms with Crippen molar-refractivity contribution in [1.82, 2.24) is 0 Å². The molecule has 2 heteroatoms. The molecule has 0 radical (unpaired) electrons. The molecule has 2 nitrogen and oxygen atoms in total. The first-order valence-corrected chi connectivity index (χ1v) is 7.41. The molecule has 1 unspecified atom stereocenters. The second-order valence-electron chi connectivity index (χ2n) is 5.06. The molecule has 0 aliphatic carbocycles. The molecule has 1 aromatic rings. The number of rotatable bonds is 8. The molecule has 0 aliphatic heterocycles. The van der Waals surface area contributed by atoms with Crippen LogP contribution < -0.4 is 0 Å². The van der Waals surface area contributed by atoms with Crippen molar-refractivity contribution in [3.63, 3.8) is 0 Å². The predicted molar refractivity (Wildman–Crippen MR) is 79.6 cm³/mol. The summed E-state index contributed by atoms with van der Waals surface area (Å²) in [6, 6.07) is 7.89. The molecule has 0 aromatic heterocycles. The van der Waals surface area contributed by atoms with Crippen LogP contribution in [0, 0.1) is 0 Å². The smallest absolute Gasteiger partial charge is 0.338 e. The molecule has 1 rings (SSSR count). The van der Waals surface area contributed by atoms with E-state index in [9.17, 15) is 4.79 Å². The Hall–Kier alpha value is -1.31. The van der Waals surface area contributed by atoms with Gasteiger partial charge >= 0.3 is 5.97 Å². The maximum atomic E-state index is 11.9. The van der Waals surface area contributed by atoms with Crippen LogP contribution in [-0.4, -0.2) is 13.1 Å². The van der Waals surface area contributed by atoms with Crippen LogP contribution >= 0.6 is 0 Å². The molecule has 0 fully saturated rings. The summed E-state index contributed by atoms with van der Waals surface area (Å²) in [4.78, 5) is 11.9. The Morgan fingerprint density at radius 2 is 1.84 bits per heavy atom. The quantitative estimate of drug-likeness (QED) is 0.490. The molecule has 1 atom stereocenters. The van der Waals surface area contributed by atoms with Crippen molar-refractivity contribution in [1.29, 1.82) is 0 Å². The highest BCUT2D eigenvalue weighted by Gasteiger charge is 2.18. The van der Waals surface area contributed by atoms with Crippen LogP contribution in [0.4, 0.5) is 0 Å². The molecule has 0 saturated heterocycles. The topological polar surface area (TPSA) is 26.3 Å². The molecule has 0 amide bonds. The zero-order valence-electron chi connectivity index (χ0n) is 12.4. The summed E-state index contributed by atoms with van der Waals surface area (Å²) in [6.07, 6.45) is 7.18. The van der Waals surface area contributed by atoms with Crippen molar-refractivity contribution in [3.8, 4) is 0 Å². The second kappa shape index (κ2) is 8.73. The molecule has 0 spiro atoms. The summed E-state index contributed by atoms with van der Waals surface area (Å²) < 4.78 is 4.89. The van der Waals surface area contributed by atoms with Crippen LogP contribution in [0.5, 0.6) is 0 Å². The Kier molecular flexibility index (Phi) is 7.24. The highest BCUT2D eigenvalue weighted by Crippen LogP contribution is 2.30. The Bertz CT molecular complexity index is 385. The number of ether oxygens (including phenoxy) is 1. The molecule has 0 saturated carbocycles. The lowest BCUT2D eigenvalue weighted by Gasteiger charge is -2.19. The number of hydrogen-bond acceptors (Lipinski definition) is 2. The molecule has 19 heavy (non-hydrogen) atoms. The zero-order chi connectivity index (χ0) is 14.1. The van der Waals surface area contributed by atoms with Gasteiger partial charge in [-0.05, 0) is 30.4 Å². The van der Waals surface area contributed by atoms with Crippen molar-refractivity contribution in [2.24, 2.45) is 0 Å². The third-order valence-electron chi connectivity index (χ3n) is 3.60. The van der Waals surface area contributed by atoms with Gasteiger partial charge in [0.2, 0.25) is 0 Å². The SMILES string of the molecule is CCCCCC(CCC)c1ccccc1C(=O)OC. The lowest BCUT2D eigenvalue weighted by Crippen LogP contribution is -2.09. The fourth-order valence-corrected chi connectivity index (χ4v) is 2.59. The second-order valence-corrected chi connectivity index (χ2v) is 5.06. The Labute approximate surface area is 117 Å². The molecule has 106 valence electrons. The third-order valence-corrected chi connectivity index (χ3v) is 3.60. The molecule has 0 N–H and O–H groups in total. The number of carbonyl (C=O) groups excluding carboxylic acids is 1. The number of unbranched alkanes of at least 4 members (excludes halogenated alkanes) is 2. The van der Waals surface area contributed by atoms with E-state index in [1.807, 2.05) is 18.2 Å². The van der Waals surface area contributed by atoms with Crippen LogP contribution in [0.1, 0.15) is 74.2 Å². The Balaban J connectivity index is 2.91. The van der Waals surface area contributed by atoms with Gasteiger partial charge in [0.05, 0.1) is 12.7 Å². The van der Waals surface area contributed by atoms with Gasteiger partial charge in [-0.3, -0.25) is 0 Å². The van der Waals surface area contributed by atoms with E-state index in [0.717, 1.165) is 30.4 Å². The van der Waals surface area contributed by atoms with Gasteiger partial charge in [-0.2, -0.15) is 0 Å². The van der Waals surface area contributed by atoms with Crippen LogP contribution in [0.2, 0.25) is 0 Å². The van der Waals surface area contributed by atoms with Gasteiger partial charge in [-0.1, -0.05) is 57.7 Å². The predicted octanol–water partition coefficient (Wildman–Crippen LogP) is 4.94. The van der Waals surface area contributed by atoms with Crippen molar-refractivity contribution in [3.05, 3.63) is 35.4 Å². The summed E-state index contributed by atoms with van der Waals surface area (Å²) in [5, 5.41) is 0. The number of methoxy groups -OCH3 is 1. The fourth-order valence-electron chi connectivity index (χ4n) is 2.59. The van der Waals surface area contributed by atoms with Gasteiger partial charge in [0.1, 0.15) is 0 Å². The van der Waals surface area contributed by atoms with Crippen molar-refractivity contribution < 1.29 is 9.53 Å². The minimum absolute atomic E-state index is 0.216. The van der Waals surface area contributed by atoms with E-state index in [-0.39, 0.29) is 5.97 Å². The molecular weight excluding hydrogens is 236 g/mol. The fraction of sp³-hybridized carbons (Fsp3) is 0.588. The summed E-state index contributed by atoms with van der Waals surface area (Å²) in [5.41, 5.74) is 1.90. The van der Waals surface area contributed by atoms with Crippen molar-refractivity contribution in [2.75, 3.05) is 7.11 Å². The third kappa shape index (κ3) is 4.70. The first kappa shape index (κ1) is 15.7. The molecule has 0 aliphatic rings. The first-order valence-electron chi connectivity index (χ1n) is 7.41. The Morgan fingerprint density at radius 1 is 1.11 bits per heavy atom. The number of benzene rings is 1. The standard InChI is InChI=1S/C17H26O2/c1-4-6-7-11-14(10-5-2)15-12-8-9-13-16(15)17(18)19-3/h8-9,12-14H,4-7,10-11H2,1-3H3. The van der Waals surface area contributed by atoms with Gasteiger partial charge in [-0.15, -0.1) is 0 Å². The highest BCUT2D eigenvalue weighted by molar-refractivity contribution is 5.91. The lowest BCUT2D eigenvalue weighted by molar-refractivity contribution is 0.0598. The van der Waals surface area contributed by atoms with Gasteiger partial charge in [0.25, 0.3) is 0 Å². The van der Waals surface area contributed by atoms with E-state index in [0.29, 0.717) is 5.92 Å². The summed E-state index contributed by atoms with van der Waals surface area (Å²) in [7, 11) is 1.45. The van der Waals surface area contributed by atoms with E-state index < -0.39 is 0 Å². The van der Waals surface area contributed by atoms with E-state index in [2.05, 4.69) is 19.9 Å². The van der Waals surface area contributed by atoms with Gasteiger partial charge in [0.15, 0.2) is 0 Å². The highest BCUT2D eigenvalue weighted by atomic mass is 16.5. The van der Waals surface area contributed by atoms with Gasteiger partial charge in [0, 0.05) is 0 Å².